The predicted molar refractivity (Wildman–Crippen MR) is 95.1 cm³/mol. The Bertz CT molecular complexity index is 492. The van der Waals surface area contributed by atoms with E-state index in [1.165, 1.54) is 6.42 Å². The van der Waals surface area contributed by atoms with Crippen LogP contribution in [0, 0.1) is 0 Å². The summed E-state index contributed by atoms with van der Waals surface area (Å²) in [5.41, 5.74) is 0.650. The van der Waals surface area contributed by atoms with E-state index in [0.717, 1.165) is 31.9 Å². The number of halogens is 2. The minimum Gasteiger partial charge on any atom is -0.378 e. The molecule has 1 aromatic rings. The van der Waals surface area contributed by atoms with Gasteiger partial charge >= 0.3 is 0 Å². The van der Waals surface area contributed by atoms with Gasteiger partial charge in [0.05, 0.1) is 18.8 Å². The van der Waals surface area contributed by atoms with E-state index in [0.29, 0.717) is 31.4 Å². The van der Waals surface area contributed by atoms with Crippen LogP contribution in [0.15, 0.2) is 18.3 Å². The van der Waals surface area contributed by atoms with Crippen LogP contribution in [0.1, 0.15) is 23.2 Å². The molecule has 8 heteroatoms. The number of nitrogens with one attached hydrogen (secondary N) is 2. The Morgan fingerprint density at radius 1 is 1.39 bits per heavy atom. The van der Waals surface area contributed by atoms with Crippen LogP contribution in [-0.4, -0.2) is 56.3 Å². The highest BCUT2D eigenvalue weighted by Crippen LogP contribution is 2.18. The third-order valence-electron chi connectivity index (χ3n) is 4.01. The number of ether oxygens (including phenoxy) is 1. The Labute approximate surface area is 149 Å². The van der Waals surface area contributed by atoms with Crippen molar-refractivity contribution >= 4 is 36.5 Å². The van der Waals surface area contributed by atoms with Crippen molar-refractivity contribution in [1.29, 1.82) is 0 Å². The zero-order chi connectivity index (χ0) is 14.5. The average Bonchev–Trinajstić information content (AvgIpc) is 3.07. The second-order valence-electron chi connectivity index (χ2n) is 5.48. The number of rotatable bonds is 4. The molecule has 3 rings (SSSR count). The molecule has 2 N–H and O–H groups in total. The Morgan fingerprint density at radius 3 is 2.87 bits per heavy atom. The summed E-state index contributed by atoms with van der Waals surface area (Å²) in [5.74, 6) is 0.718. The molecular weight excluding hydrogens is 339 g/mol. The molecule has 0 radical (unpaired) electrons. The SMILES string of the molecule is Cl.Cl.O=C(NCC1CCCN1)c1cccnc1N1CCOCC1. The molecule has 2 aliphatic rings. The molecule has 130 valence electrons. The number of hydrogen-bond donors (Lipinski definition) is 2. The van der Waals surface area contributed by atoms with Gasteiger partial charge in [-0.3, -0.25) is 4.79 Å². The van der Waals surface area contributed by atoms with E-state index < -0.39 is 0 Å². The van der Waals surface area contributed by atoms with Gasteiger partial charge in [0.25, 0.3) is 5.91 Å². The lowest BCUT2D eigenvalue weighted by Crippen LogP contribution is -2.40. The molecule has 0 saturated carbocycles. The van der Waals surface area contributed by atoms with Gasteiger partial charge in [-0.1, -0.05) is 0 Å². The molecule has 1 amide bonds. The van der Waals surface area contributed by atoms with Gasteiger partial charge < -0.3 is 20.3 Å². The molecular formula is C15H24Cl2N4O2. The van der Waals surface area contributed by atoms with Crippen molar-refractivity contribution in [2.45, 2.75) is 18.9 Å². The average molecular weight is 363 g/mol. The maximum absolute atomic E-state index is 12.4. The first-order valence-electron chi connectivity index (χ1n) is 7.64. The summed E-state index contributed by atoms with van der Waals surface area (Å²) < 4.78 is 5.36. The fourth-order valence-corrected chi connectivity index (χ4v) is 2.84. The lowest BCUT2D eigenvalue weighted by Gasteiger charge is -2.29. The van der Waals surface area contributed by atoms with Gasteiger partial charge in [-0.15, -0.1) is 24.8 Å². The monoisotopic (exact) mass is 362 g/mol. The summed E-state index contributed by atoms with van der Waals surface area (Å²) >= 11 is 0. The molecule has 0 spiro atoms. The fourth-order valence-electron chi connectivity index (χ4n) is 2.84. The van der Waals surface area contributed by atoms with Crippen LogP contribution in [0.5, 0.6) is 0 Å². The van der Waals surface area contributed by atoms with Crippen molar-refractivity contribution in [3.05, 3.63) is 23.9 Å². The third-order valence-corrected chi connectivity index (χ3v) is 4.01. The zero-order valence-corrected chi connectivity index (χ0v) is 14.6. The van der Waals surface area contributed by atoms with E-state index in [2.05, 4.69) is 20.5 Å². The van der Waals surface area contributed by atoms with E-state index in [9.17, 15) is 4.79 Å². The van der Waals surface area contributed by atoms with Gasteiger partial charge in [0.15, 0.2) is 0 Å². The van der Waals surface area contributed by atoms with Crippen LogP contribution in [-0.2, 0) is 4.74 Å². The van der Waals surface area contributed by atoms with E-state index in [-0.39, 0.29) is 30.7 Å². The molecule has 2 saturated heterocycles. The number of carbonyl (C=O) groups excluding carboxylic acids is 1. The Kier molecular flexibility index (Phi) is 8.62. The van der Waals surface area contributed by atoms with E-state index in [1.54, 1.807) is 6.20 Å². The van der Waals surface area contributed by atoms with Crippen LogP contribution in [0.4, 0.5) is 5.82 Å². The summed E-state index contributed by atoms with van der Waals surface area (Å²) in [6.45, 7) is 4.65. The minimum atomic E-state index is -0.0432. The molecule has 0 aliphatic carbocycles. The first-order chi connectivity index (χ1) is 10.3. The quantitative estimate of drug-likeness (QED) is 0.843. The molecule has 2 fully saturated rings. The van der Waals surface area contributed by atoms with Crippen molar-refractivity contribution < 1.29 is 9.53 Å². The molecule has 1 aromatic heterocycles. The summed E-state index contributed by atoms with van der Waals surface area (Å²) in [6.07, 6.45) is 4.05. The molecule has 6 nitrogen and oxygen atoms in total. The maximum atomic E-state index is 12.4. The normalized spacial score (nSPS) is 20.3. The third kappa shape index (κ3) is 5.21. The first kappa shape index (κ1) is 20.0. The van der Waals surface area contributed by atoms with E-state index >= 15 is 0 Å². The highest BCUT2D eigenvalue weighted by molar-refractivity contribution is 5.98. The van der Waals surface area contributed by atoms with Gasteiger partial charge in [-0.2, -0.15) is 0 Å². The number of carbonyl (C=O) groups is 1. The highest BCUT2D eigenvalue weighted by atomic mass is 35.5. The Balaban J connectivity index is 0.00000132. The second-order valence-corrected chi connectivity index (χ2v) is 5.48. The molecule has 2 aliphatic heterocycles. The number of hydrogen-bond acceptors (Lipinski definition) is 5. The number of morpholine rings is 1. The zero-order valence-electron chi connectivity index (χ0n) is 13.0. The number of amides is 1. The van der Waals surface area contributed by atoms with Gasteiger partial charge in [-0.25, -0.2) is 4.98 Å². The van der Waals surface area contributed by atoms with Crippen molar-refractivity contribution in [2.24, 2.45) is 0 Å². The topological polar surface area (TPSA) is 66.5 Å². The fraction of sp³-hybridized carbons (Fsp3) is 0.600. The van der Waals surface area contributed by atoms with Crippen LogP contribution >= 0.6 is 24.8 Å². The van der Waals surface area contributed by atoms with Crippen molar-refractivity contribution in [2.75, 3.05) is 44.3 Å². The van der Waals surface area contributed by atoms with Gasteiger partial charge in [-0.05, 0) is 31.5 Å². The minimum absolute atomic E-state index is 0. The predicted octanol–water partition coefficient (Wildman–Crippen LogP) is 1.24. The van der Waals surface area contributed by atoms with E-state index in [4.69, 9.17) is 4.74 Å². The van der Waals surface area contributed by atoms with Crippen molar-refractivity contribution in [1.82, 2.24) is 15.6 Å². The number of aromatic nitrogens is 1. The number of anilines is 1. The second kappa shape index (κ2) is 9.93. The van der Waals surface area contributed by atoms with Crippen molar-refractivity contribution in [3.8, 4) is 0 Å². The molecule has 23 heavy (non-hydrogen) atoms. The summed E-state index contributed by atoms with van der Waals surface area (Å²) in [7, 11) is 0. The maximum Gasteiger partial charge on any atom is 0.255 e. The standard InChI is InChI=1S/C15H22N4O2.2ClH/c20-15(18-11-12-3-1-5-16-12)13-4-2-6-17-14(13)19-7-9-21-10-8-19;;/h2,4,6,12,16H,1,3,5,7-11H2,(H,18,20);2*1H. The first-order valence-corrected chi connectivity index (χ1v) is 7.64. The van der Waals surface area contributed by atoms with Crippen LogP contribution in [0.25, 0.3) is 0 Å². The molecule has 1 atom stereocenters. The Hall–Kier alpha value is -1.08. The summed E-state index contributed by atoms with van der Waals surface area (Å²) in [5, 5.41) is 6.41. The van der Waals surface area contributed by atoms with Crippen LogP contribution in [0.3, 0.4) is 0 Å². The lowest BCUT2D eigenvalue weighted by atomic mass is 10.2. The van der Waals surface area contributed by atoms with Gasteiger partial charge in [0, 0.05) is 31.9 Å². The summed E-state index contributed by atoms with van der Waals surface area (Å²) in [6, 6.07) is 4.06. The molecule has 1 unspecified atom stereocenters. The molecule has 0 bridgehead atoms. The largest absolute Gasteiger partial charge is 0.378 e. The Morgan fingerprint density at radius 2 is 2.17 bits per heavy atom. The molecule has 3 heterocycles. The number of nitrogens with zero attached hydrogens (tertiary/aromatic N) is 2. The van der Waals surface area contributed by atoms with Crippen molar-refractivity contribution in [3.63, 3.8) is 0 Å². The van der Waals surface area contributed by atoms with Gasteiger partial charge in [0.2, 0.25) is 0 Å². The van der Waals surface area contributed by atoms with E-state index in [1.807, 2.05) is 12.1 Å². The lowest BCUT2D eigenvalue weighted by molar-refractivity contribution is 0.0948. The summed E-state index contributed by atoms with van der Waals surface area (Å²) in [4.78, 5) is 18.9. The molecule has 0 aromatic carbocycles. The highest BCUT2D eigenvalue weighted by Gasteiger charge is 2.21. The van der Waals surface area contributed by atoms with Crippen LogP contribution < -0.4 is 15.5 Å². The smallest absolute Gasteiger partial charge is 0.255 e. The van der Waals surface area contributed by atoms with Gasteiger partial charge in [0.1, 0.15) is 5.82 Å². The van der Waals surface area contributed by atoms with Crippen LogP contribution in [0.2, 0.25) is 0 Å². The number of pyridine rings is 1.